The van der Waals surface area contributed by atoms with E-state index in [-0.39, 0.29) is 25.2 Å². The van der Waals surface area contributed by atoms with Gasteiger partial charge in [0.2, 0.25) is 0 Å². The first-order chi connectivity index (χ1) is 11.3. The van der Waals surface area contributed by atoms with Crippen LogP contribution < -0.4 is 0 Å². The number of carbonyl (C=O) groups excluding carboxylic acids is 1. The zero-order valence-electron chi connectivity index (χ0n) is 13.6. The zero-order chi connectivity index (χ0) is 16.5. The number of allylic oxidation sites excluding steroid dienone is 3. The summed E-state index contributed by atoms with van der Waals surface area (Å²) in [6, 6.07) is 0.0939. The third-order valence-electron chi connectivity index (χ3n) is 4.38. The molecule has 0 aromatic carbocycles. The summed E-state index contributed by atoms with van der Waals surface area (Å²) < 4.78 is 5.92. The third kappa shape index (κ3) is 5.30. The van der Waals surface area contributed by atoms with E-state index in [0.29, 0.717) is 19.7 Å². The van der Waals surface area contributed by atoms with E-state index in [1.54, 1.807) is 0 Å². The van der Waals surface area contributed by atoms with Crippen molar-refractivity contribution in [2.24, 2.45) is 5.92 Å². The highest BCUT2D eigenvalue weighted by Crippen LogP contribution is 2.28. The van der Waals surface area contributed by atoms with Gasteiger partial charge in [0.15, 0.2) is 0 Å². The minimum Gasteiger partial charge on any atom is -0.493 e. The maximum Gasteiger partial charge on any atom is 0.130 e. The maximum absolute atomic E-state index is 11.3. The van der Waals surface area contributed by atoms with E-state index in [1.165, 1.54) is 0 Å². The van der Waals surface area contributed by atoms with Crippen LogP contribution in [0.4, 0.5) is 0 Å². The van der Waals surface area contributed by atoms with Crippen molar-refractivity contribution in [3.05, 3.63) is 35.6 Å². The SMILES string of the molecule is O=C[C@H]1CCC(N(CCO)CCO)C=C1OCC1=CCCC=C1. The summed E-state index contributed by atoms with van der Waals surface area (Å²) in [6.45, 7) is 1.60. The van der Waals surface area contributed by atoms with Crippen LogP contribution in [-0.2, 0) is 9.53 Å². The Balaban J connectivity index is 2.03. The van der Waals surface area contributed by atoms with Gasteiger partial charge >= 0.3 is 0 Å². The molecule has 2 rings (SSSR count). The lowest BCUT2D eigenvalue weighted by atomic mass is 9.91. The molecule has 0 amide bonds. The van der Waals surface area contributed by atoms with Gasteiger partial charge in [-0.3, -0.25) is 4.90 Å². The second kappa shape index (κ2) is 9.65. The van der Waals surface area contributed by atoms with Crippen LogP contribution in [0.15, 0.2) is 35.6 Å². The average Bonchev–Trinajstić information content (AvgIpc) is 2.60. The summed E-state index contributed by atoms with van der Waals surface area (Å²) in [5, 5.41) is 18.4. The van der Waals surface area contributed by atoms with Gasteiger partial charge < -0.3 is 19.7 Å². The molecule has 2 aliphatic rings. The van der Waals surface area contributed by atoms with Crippen molar-refractivity contribution < 1.29 is 19.7 Å². The van der Waals surface area contributed by atoms with Gasteiger partial charge in [-0.05, 0) is 37.3 Å². The molecule has 23 heavy (non-hydrogen) atoms. The average molecular weight is 321 g/mol. The molecule has 0 bridgehead atoms. The predicted molar refractivity (Wildman–Crippen MR) is 88.8 cm³/mol. The van der Waals surface area contributed by atoms with Gasteiger partial charge in [0.25, 0.3) is 0 Å². The molecule has 0 saturated carbocycles. The van der Waals surface area contributed by atoms with E-state index in [9.17, 15) is 15.0 Å². The van der Waals surface area contributed by atoms with Gasteiger partial charge in [0.1, 0.15) is 18.7 Å². The Labute approximate surface area is 137 Å². The van der Waals surface area contributed by atoms with Crippen molar-refractivity contribution in [2.75, 3.05) is 32.9 Å². The van der Waals surface area contributed by atoms with E-state index in [4.69, 9.17) is 4.74 Å². The minimum absolute atomic E-state index is 0.0509. The molecule has 0 saturated heterocycles. The van der Waals surface area contributed by atoms with E-state index in [1.807, 2.05) is 11.0 Å². The molecule has 1 unspecified atom stereocenters. The molecule has 0 fully saturated rings. The Morgan fingerprint density at radius 3 is 2.61 bits per heavy atom. The fourth-order valence-electron chi connectivity index (χ4n) is 3.11. The monoisotopic (exact) mass is 321 g/mol. The summed E-state index contributed by atoms with van der Waals surface area (Å²) >= 11 is 0. The highest BCUT2D eigenvalue weighted by Gasteiger charge is 2.27. The standard InChI is InChI=1S/C18H27NO4/c20-10-8-19(9-11-21)17-7-6-16(13-22)18(12-17)23-14-15-4-2-1-3-5-15/h2,4-5,12-13,16-17,20-21H,1,3,6-11,14H2/t16-,17?/m1/s1. The highest BCUT2D eigenvalue weighted by molar-refractivity contribution is 5.58. The Bertz CT molecular complexity index is 464. The van der Waals surface area contributed by atoms with E-state index in [2.05, 4.69) is 18.2 Å². The van der Waals surface area contributed by atoms with Crippen molar-refractivity contribution in [1.82, 2.24) is 4.90 Å². The minimum atomic E-state index is -0.190. The molecule has 0 aliphatic heterocycles. The lowest BCUT2D eigenvalue weighted by molar-refractivity contribution is -0.111. The molecule has 2 aliphatic carbocycles. The van der Waals surface area contributed by atoms with Gasteiger partial charge in [-0.2, -0.15) is 0 Å². The number of ether oxygens (including phenoxy) is 1. The number of aldehydes is 1. The van der Waals surface area contributed by atoms with Gasteiger partial charge in [-0.25, -0.2) is 0 Å². The first kappa shape index (κ1) is 17.9. The fraction of sp³-hybridized carbons (Fsp3) is 0.611. The number of hydrogen-bond donors (Lipinski definition) is 2. The lowest BCUT2D eigenvalue weighted by Gasteiger charge is -2.33. The van der Waals surface area contributed by atoms with Gasteiger partial charge in [0, 0.05) is 19.1 Å². The molecule has 5 heteroatoms. The molecule has 2 N–H and O–H groups in total. The second-order valence-electron chi connectivity index (χ2n) is 5.99. The van der Waals surface area contributed by atoms with Crippen LogP contribution in [0.3, 0.4) is 0 Å². The van der Waals surface area contributed by atoms with Gasteiger partial charge in [0.05, 0.1) is 19.1 Å². The normalized spacial score (nSPS) is 24.3. The summed E-state index contributed by atoms with van der Waals surface area (Å²) in [4.78, 5) is 13.3. The Morgan fingerprint density at radius 2 is 2.00 bits per heavy atom. The van der Waals surface area contributed by atoms with Gasteiger partial charge in [-0.1, -0.05) is 18.2 Å². The summed E-state index contributed by atoms with van der Waals surface area (Å²) in [5.41, 5.74) is 1.14. The smallest absolute Gasteiger partial charge is 0.130 e. The van der Waals surface area contributed by atoms with Crippen LogP contribution in [0.5, 0.6) is 0 Å². The third-order valence-corrected chi connectivity index (χ3v) is 4.38. The number of carbonyl (C=O) groups is 1. The fourth-order valence-corrected chi connectivity index (χ4v) is 3.11. The molecular formula is C18H27NO4. The Morgan fingerprint density at radius 1 is 1.22 bits per heavy atom. The van der Waals surface area contributed by atoms with Crippen molar-refractivity contribution >= 4 is 6.29 Å². The molecule has 0 aromatic heterocycles. The summed E-state index contributed by atoms with van der Waals surface area (Å²) in [6.07, 6.45) is 13.0. The van der Waals surface area contributed by atoms with E-state index < -0.39 is 0 Å². The Kier molecular flexibility index (Phi) is 7.52. The summed E-state index contributed by atoms with van der Waals surface area (Å²) in [7, 11) is 0. The predicted octanol–water partition coefficient (Wildman–Crippen LogP) is 1.43. The molecular weight excluding hydrogens is 294 g/mol. The second-order valence-corrected chi connectivity index (χ2v) is 5.99. The number of aliphatic hydroxyl groups excluding tert-OH is 2. The number of aliphatic hydroxyl groups is 2. The highest BCUT2D eigenvalue weighted by atomic mass is 16.5. The maximum atomic E-state index is 11.3. The van der Waals surface area contributed by atoms with E-state index >= 15 is 0 Å². The van der Waals surface area contributed by atoms with E-state index in [0.717, 1.165) is 43.3 Å². The van der Waals surface area contributed by atoms with Crippen molar-refractivity contribution in [3.8, 4) is 0 Å². The van der Waals surface area contributed by atoms with Gasteiger partial charge in [-0.15, -0.1) is 0 Å². The molecule has 0 aromatic rings. The molecule has 128 valence electrons. The van der Waals surface area contributed by atoms with Crippen LogP contribution in [0.25, 0.3) is 0 Å². The molecule has 0 radical (unpaired) electrons. The lowest BCUT2D eigenvalue weighted by Crippen LogP contribution is -2.40. The quantitative estimate of drug-likeness (QED) is 0.629. The van der Waals surface area contributed by atoms with Crippen LogP contribution in [-0.4, -0.2) is 60.4 Å². The van der Waals surface area contributed by atoms with Crippen LogP contribution in [0.1, 0.15) is 25.7 Å². The largest absolute Gasteiger partial charge is 0.493 e. The Hall–Kier alpha value is -1.43. The first-order valence-electron chi connectivity index (χ1n) is 8.39. The molecule has 0 heterocycles. The van der Waals surface area contributed by atoms with Crippen molar-refractivity contribution in [1.29, 1.82) is 0 Å². The zero-order valence-corrected chi connectivity index (χ0v) is 13.6. The van der Waals surface area contributed by atoms with Crippen LogP contribution >= 0.6 is 0 Å². The van der Waals surface area contributed by atoms with Crippen LogP contribution in [0.2, 0.25) is 0 Å². The van der Waals surface area contributed by atoms with Crippen molar-refractivity contribution in [2.45, 2.75) is 31.7 Å². The first-order valence-corrected chi connectivity index (χ1v) is 8.39. The molecule has 5 nitrogen and oxygen atoms in total. The topological polar surface area (TPSA) is 70.0 Å². The van der Waals surface area contributed by atoms with Crippen LogP contribution in [0, 0.1) is 5.92 Å². The molecule has 0 spiro atoms. The summed E-state index contributed by atoms with van der Waals surface area (Å²) in [5.74, 6) is 0.529. The van der Waals surface area contributed by atoms with Crippen molar-refractivity contribution in [3.63, 3.8) is 0 Å². The number of rotatable bonds is 9. The molecule has 2 atom stereocenters. The number of hydrogen-bond acceptors (Lipinski definition) is 5. The number of nitrogens with zero attached hydrogens (tertiary/aromatic N) is 1.